The molecule has 0 radical (unpaired) electrons. The van der Waals surface area contributed by atoms with Crippen molar-refractivity contribution in [2.75, 3.05) is 17.3 Å². The van der Waals surface area contributed by atoms with E-state index in [1.807, 2.05) is 36.4 Å². The van der Waals surface area contributed by atoms with Crippen molar-refractivity contribution in [3.8, 4) is 0 Å². The summed E-state index contributed by atoms with van der Waals surface area (Å²) < 4.78 is 0. The maximum absolute atomic E-state index is 12.8. The van der Waals surface area contributed by atoms with Crippen LogP contribution in [0.4, 0.5) is 11.6 Å². The van der Waals surface area contributed by atoms with Gasteiger partial charge in [0, 0.05) is 30.1 Å². The summed E-state index contributed by atoms with van der Waals surface area (Å²) in [6.07, 6.45) is 3.36. The van der Waals surface area contributed by atoms with Crippen LogP contribution in [-0.2, 0) is 4.79 Å². The predicted molar refractivity (Wildman–Crippen MR) is 100 cm³/mol. The van der Waals surface area contributed by atoms with Crippen LogP contribution < -0.4 is 10.2 Å². The molecule has 6 nitrogen and oxygen atoms in total. The number of anilines is 2. The summed E-state index contributed by atoms with van der Waals surface area (Å²) in [5.74, 6) is 0.797. The smallest absolute Gasteiger partial charge is 0.259 e. The van der Waals surface area contributed by atoms with Gasteiger partial charge < -0.3 is 5.32 Å². The van der Waals surface area contributed by atoms with E-state index in [1.165, 1.54) is 11.1 Å². The molecular weight excluding hydrogens is 328 g/mol. The molecule has 2 heterocycles. The summed E-state index contributed by atoms with van der Waals surface area (Å²) in [4.78, 5) is 34.9. The Morgan fingerprint density at radius 1 is 1.12 bits per heavy atom. The second kappa shape index (κ2) is 6.55. The number of hydrogen-bond acceptors (Lipinski definition) is 4. The molecule has 2 amide bonds. The van der Waals surface area contributed by atoms with Crippen molar-refractivity contribution >= 4 is 34.4 Å². The number of rotatable bonds is 4. The monoisotopic (exact) mass is 346 g/mol. The Hall–Kier alpha value is -3.28. The molecule has 4 rings (SSSR count). The molecule has 0 unspecified atom stereocenters. The lowest BCUT2D eigenvalue weighted by atomic mass is 10.2. The second-order valence-electron chi connectivity index (χ2n) is 6.42. The van der Waals surface area contributed by atoms with E-state index in [1.54, 1.807) is 19.2 Å². The summed E-state index contributed by atoms with van der Waals surface area (Å²) >= 11 is 0. The minimum atomic E-state index is -0.211. The molecule has 1 saturated carbocycles. The largest absolute Gasteiger partial charge is 0.310 e. The third-order valence-corrected chi connectivity index (χ3v) is 4.44. The molecule has 0 spiro atoms. The highest BCUT2D eigenvalue weighted by Gasteiger charge is 2.30. The molecule has 1 N–H and O–H groups in total. The summed E-state index contributed by atoms with van der Waals surface area (Å²) in [5.41, 5.74) is 1.28. The van der Waals surface area contributed by atoms with Gasteiger partial charge in [-0.3, -0.25) is 14.5 Å². The number of nitrogens with one attached hydrogen (secondary N) is 1. The minimum absolute atomic E-state index is 0.0355. The molecule has 0 aliphatic heterocycles. The fourth-order valence-corrected chi connectivity index (χ4v) is 2.75. The van der Waals surface area contributed by atoms with Gasteiger partial charge in [0.15, 0.2) is 0 Å². The number of carbonyl (C=O) groups is 2. The summed E-state index contributed by atoms with van der Waals surface area (Å²) in [6, 6.07) is 14.7. The van der Waals surface area contributed by atoms with Crippen LogP contribution in [0.25, 0.3) is 10.9 Å². The molecule has 1 aliphatic carbocycles. The second-order valence-corrected chi connectivity index (χ2v) is 6.42. The van der Waals surface area contributed by atoms with E-state index < -0.39 is 0 Å². The number of hydrogen-bond donors (Lipinski definition) is 1. The van der Waals surface area contributed by atoms with Gasteiger partial charge in [0.2, 0.25) is 5.91 Å². The van der Waals surface area contributed by atoms with Crippen LogP contribution in [-0.4, -0.2) is 28.8 Å². The lowest BCUT2D eigenvalue weighted by Crippen LogP contribution is -2.27. The van der Waals surface area contributed by atoms with Gasteiger partial charge in [-0.15, -0.1) is 0 Å². The van der Waals surface area contributed by atoms with Crippen molar-refractivity contribution < 1.29 is 9.59 Å². The first-order valence-corrected chi connectivity index (χ1v) is 8.52. The minimum Gasteiger partial charge on any atom is -0.310 e. The first-order chi connectivity index (χ1) is 12.6. The molecule has 26 heavy (non-hydrogen) atoms. The van der Waals surface area contributed by atoms with E-state index in [0.29, 0.717) is 17.2 Å². The molecule has 0 bridgehead atoms. The summed E-state index contributed by atoms with van der Waals surface area (Å²) in [7, 11) is 1.68. The number of benzene rings is 1. The summed E-state index contributed by atoms with van der Waals surface area (Å²) in [5, 5.41) is 3.79. The lowest BCUT2D eigenvalue weighted by Gasteiger charge is -2.17. The quantitative estimate of drug-likeness (QED) is 0.787. The van der Waals surface area contributed by atoms with E-state index in [9.17, 15) is 9.59 Å². The van der Waals surface area contributed by atoms with Crippen LogP contribution in [0.2, 0.25) is 0 Å². The topological polar surface area (TPSA) is 75.2 Å². The zero-order valence-electron chi connectivity index (χ0n) is 14.3. The third-order valence-electron chi connectivity index (χ3n) is 4.44. The van der Waals surface area contributed by atoms with Crippen molar-refractivity contribution in [2.45, 2.75) is 12.8 Å². The maximum atomic E-state index is 12.8. The number of carbonyl (C=O) groups excluding carboxylic acids is 2. The van der Waals surface area contributed by atoms with Gasteiger partial charge in [-0.25, -0.2) is 9.97 Å². The lowest BCUT2D eigenvalue weighted by molar-refractivity contribution is -0.117. The first-order valence-electron chi connectivity index (χ1n) is 8.52. The van der Waals surface area contributed by atoms with Crippen LogP contribution in [0.3, 0.4) is 0 Å². The van der Waals surface area contributed by atoms with E-state index in [2.05, 4.69) is 15.3 Å². The van der Waals surface area contributed by atoms with E-state index in [-0.39, 0.29) is 17.7 Å². The number of fused-ring (bicyclic) bond motifs is 1. The van der Waals surface area contributed by atoms with E-state index in [0.717, 1.165) is 23.7 Å². The molecule has 3 aromatic rings. The molecule has 1 fully saturated rings. The molecule has 1 aromatic carbocycles. The summed E-state index contributed by atoms with van der Waals surface area (Å²) in [6.45, 7) is 0. The van der Waals surface area contributed by atoms with E-state index in [4.69, 9.17) is 0 Å². The Balaban J connectivity index is 1.56. The average molecular weight is 346 g/mol. The van der Waals surface area contributed by atoms with Gasteiger partial charge in [0.05, 0.1) is 5.52 Å². The number of nitrogens with zero attached hydrogens (tertiary/aromatic N) is 3. The highest BCUT2D eigenvalue weighted by molar-refractivity contribution is 6.06. The van der Waals surface area contributed by atoms with Crippen LogP contribution in [0.5, 0.6) is 0 Å². The van der Waals surface area contributed by atoms with Gasteiger partial charge in [-0.2, -0.15) is 0 Å². The maximum Gasteiger partial charge on any atom is 0.259 e. The standard InChI is InChI=1S/C20H18N4O2/c1-24(18-9-8-13-4-2-3-5-16(13)22-18)20(26)15-10-11-21-17(12-15)23-19(25)14-6-7-14/h2-5,8-12,14H,6-7H2,1H3,(H,21,23,25). The van der Waals surface area contributed by atoms with Crippen molar-refractivity contribution in [1.29, 1.82) is 0 Å². The van der Waals surface area contributed by atoms with Crippen LogP contribution in [0.15, 0.2) is 54.7 Å². The fourth-order valence-electron chi connectivity index (χ4n) is 2.75. The molecular formula is C20H18N4O2. The predicted octanol–water partition coefficient (Wildman–Crippen LogP) is 3.25. The number of pyridine rings is 2. The average Bonchev–Trinajstić information content (AvgIpc) is 3.52. The molecule has 1 aliphatic rings. The number of amides is 2. The Bertz CT molecular complexity index is 998. The third kappa shape index (κ3) is 3.26. The van der Waals surface area contributed by atoms with Crippen LogP contribution in [0, 0.1) is 5.92 Å². The number of para-hydroxylation sites is 1. The SMILES string of the molecule is CN(C(=O)c1ccnc(NC(=O)C2CC2)c1)c1ccc2ccccc2n1. The molecule has 0 saturated heterocycles. The normalized spacial score (nSPS) is 13.4. The Kier molecular flexibility index (Phi) is 4.08. The van der Waals surface area contributed by atoms with Crippen molar-refractivity contribution in [1.82, 2.24) is 9.97 Å². The van der Waals surface area contributed by atoms with Gasteiger partial charge in [0.25, 0.3) is 5.91 Å². The van der Waals surface area contributed by atoms with Gasteiger partial charge in [0.1, 0.15) is 11.6 Å². The van der Waals surface area contributed by atoms with Crippen molar-refractivity contribution in [3.63, 3.8) is 0 Å². The molecule has 6 heteroatoms. The van der Waals surface area contributed by atoms with Gasteiger partial charge in [-0.1, -0.05) is 18.2 Å². The Morgan fingerprint density at radius 2 is 1.92 bits per heavy atom. The first kappa shape index (κ1) is 16.2. The van der Waals surface area contributed by atoms with E-state index >= 15 is 0 Å². The molecule has 0 atom stereocenters. The zero-order valence-corrected chi connectivity index (χ0v) is 14.3. The van der Waals surface area contributed by atoms with Crippen molar-refractivity contribution in [2.24, 2.45) is 5.92 Å². The van der Waals surface area contributed by atoms with Crippen LogP contribution >= 0.6 is 0 Å². The van der Waals surface area contributed by atoms with Gasteiger partial charge in [-0.05, 0) is 43.2 Å². The van der Waals surface area contributed by atoms with Crippen LogP contribution in [0.1, 0.15) is 23.2 Å². The van der Waals surface area contributed by atoms with Crippen molar-refractivity contribution in [3.05, 3.63) is 60.3 Å². The fraction of sp³-hybridized carbons (Fsp3) is 0.200. The Labute approximate surface area is 150 Å². The number of aromatic nitrogens is 2. The Morgan fingerprint density at radius 3 is 2.73 bits per heavy atom. The van der Waals surface area contributed by atoms with Gasteiger partial charge >= 0.3 is 0 Å². The molecule has 130 valence electrons. The highest BCUT2D eigenvalue weighted by atomic mass is 16.2. The highest BCUT2D eigenvalue weighted by Crippen LogP contribution is 2.30. The zero-order chi connectivity index (χ0) is 18.1. The molecule has 2 aromatic heterocycles.